The molecule has 0 spiro atoms. The first-order valence-electron chi connectivity index (χ1n) is 3.09. The quantitative estimate of drug-likeness (QED) is 0.473. The van der Waals surface area contributed by atoms with Crippen LogP contribution in [0.15, 0.2) is 0 Å². The Labute approximate surface area is 78.3 Å². The minimum atomic E-state index is -6.09. The third-order valence-corrected chi connectivity index (χ3v) is 1.43. The highest BCUT2D eigenvalue weighted by Gasteiger charge is 2.76. The molecule has 0 rings (SSSR count). The molecule has 0 aliphatic heterocycles. The fourth-order valence-corrected chi connectivity index (χ4v) is 0.497. The lowest BCUT2D eigenvalue weighted by molar-refractivity contribution is -0.268. The van der Waals surface area contributed by atoms with E-state index in [4.69, 9.17) is 10.2 Å². The predicted octanol–water partition coefficient (Wildman–Crippen LogP) is 0.0507. The van der Waals surface area contributed by atoms with Gasteiger partial charge in [0.2, 0.25) is 0 Å². The molecule has 0 fully saturated rings. The molecule has 0 bridgehead atoms. The molecule has 0 amide bonds. The van der Waals surface area contributed by atoms with Gasteiger partial charge in [-0.1, -0.05) is 0 Å². The summed E-state index contributed by atoms with van der Waals surface area (Å²) in [6, 6.07) is 0. The van der Waals surface area contributed by atoms with Crippen LogP contribution >= 0.6 is 0 Å². The lowest BCUT2D eigenvalue weighted by atomic mass is 10.0. The number of carboxylic acids is 2. The molecule has 0 aromatic rings. The Morgan fingerprint density at radius 1 is 0.933 bits per heavy atom. The summed E-state index contributed by atoms with van der Waals surface area (Å²) >= 11 is 0. The number of nitrogens with two attached hydrogens (primary N) is 1. The van der Waals surface area contributed by atoms with Crippen molar-refractivity contribution in [1.29, 1.82) is 0 Å². The van der Waals surface area contributed by atoms with Gasteiger partial charge in [0, 0.05) is 0 Å². The van der Waals surface area contributed by atoms with Gasteiger partial charge in [-0.3, -0.25) is 5.73 Å². The second-order valence-electron chi connectivity index (χ2n) is 2.47. The first-order chi connectivity index (χ1) is 6.39. The number of aliphatic carboxylic acids is 2. The smallest absolute Gasteiger partial charge is 0.409 e. The van der Waals surface area contributed by atoms with Crippen LogP contribution in [0, 0.1) is 0 Å². The normalized spacial score (nSPS) is 16.9. The summed E-state index contributed by atoms with van der Waals surface area (Å²) in [5.74, 6) is -23.7. The van der Waals surface area contributed by atoms with Crippen molar-refractivity contribution in [3.8, 4) is 0 Å². The van der Waals surface area contributed by atoms with Crippen LogP contribution < -0.4 is 5.73 Å². The molecule has 0 aromatic heterocycles. The fraction of sp³-hybridized carbons (Fsp3) is 0.600. The first-order valence-corrected chi connectivity index (χ1v) is 3.09. The summed E-state index contributed by atoms with van der Waals surface area (Å²) in [7, 11) is 0. The standard InChI is InChI=1S/C5H4F5NO4/c6-3(7,1(12)13)5(9,10)4(8,11)2(14)15/h11H2,(H,12,13)(H,14,15). The monoisotopic (exact) mass is 237 g/mol. The van der Waals surface area contributed by atoms with E-state index in [1.807, 2.05) is 0 Å². The van der Waals surface area contributed by atoms with E-state index in [1.54, 1.807) is 0 Å². The molecule has 0 saturated carbocycles. The van der Waals surface area contributed by atoms with Gasteiger partial charge in [0.15, 0.2) is 0 Å². The van der Waals surface area contributed by atoms with Crippen LogP contribution in [0.3, 0.4) is 0 Å². The van der Waals surface area contributed by atoms with Crippen LogP contribution in [-0.4, -0.2) is 39.8 Å². The first kappa shape index (κ1) is 13.5. The molecule has 4 N–H and O–H groups in total. The van der Waals surface area contributed by atoms with Gasteiger partial charge in [-0.2, -0.15) is 17.6 Å². The van der Waals surface area contributed by atoms with Gasteiger partial charge in [0.1, 0.15) is 0 Å². The van der Waals surface area contributed by atoms with Gasteiger partial charge in [-0.25, -0.2) is 14.0 Å². The summed E-state index contributed by atoms with van der Waals surface area (Å²) < 4.78 is 62.0. The molecule has 5 nitrogen and oxygen atoms in total. The second-order valence-corrected chi connectivity index (χ2v) is 2.47. The molecule has 0 aliphatic rings. The molecule has 0 radical (unpaired) electrons. The summed E-state index contributed by atoms with van der Waals surface area (Å²) in [5, 5.41) is 15.5. The summed E-state index contributed by atoms with van der Waals surface area (Å²) in [6.07, 6.45) is 0. The van der Waals surface area contributed by atoms with Gasteiger partial charge in [0.25, 0.3) is 0 Å². The maximum atomic E-state index is 12.5. The molecule has 1 atom stereocenters. The number of hydrogen-bond donors (Lipinski definition) is 3. The Hall–Kier alpha value is -1.45. The molecule has 1 unspecified atom stereocenters. The van der Waals surface area contributed by atoms with Crippen molar-refractivity contribution in [2.24, 2.45) is 5.73 Å². The Kier molecular flexibility index (Phi) is 2.97. The molecule has 0 saturated heterocycles. The van der Waals surface area contributed by atoms with E-state index in [9.17, 15) is 31.5 Å². The van der Waals surface area contributed by atoms with Crippen LogP contribution in [0.25, 0.3) is 0 Å². The van der Waals surface area contributed by atoms with Crippen molar-refractivity contribution in [3.05, 3.63) is 0 Å². The summed E-state index contributed by atoms with van der Waals surface area (Å²) in [4.78, 5) is 19.5. The highest BCUT2D eigenvalue weighted by Crippen LogP contribution is 2.42. The number of carboxylic acid groups (broad SMARTS) is 2. The SMILES string of the molecule is NC(F)(C(=O)O)C(F)(F)C(F)(F)C(=O)O. The van der Waals surface area contributed by atoms with Crippen LogP contribution in [-0.2, 0) is 9.59 Å². The topological polar surface area (TPSA) is 101 Å². The highest BCUT2D eigenvalue weighted by molar-refractivity contribution is 5.83. The zero-order valence-corrected chi connectivity index (χ0v) is 6.68. The molecule has 88 valence electrons. The molecule has 0 aromatic carbocycles. The molecule has 0 aliphatic carbocycles. The number of rotatable bonds is 4. The molecular weight excluding hydrogens is 233 g/mol. The lowest BCUT2D eigenvalue weighted by Gasteiger charge is -2.29. The fourth-order valence-electron chi connectivity index (χ4n) is 0.497. The van der Waals surface area contributed by atoms with Gasteiger partial charge < -0.3 is 10.2 Å². The third-order valence-electron chi connectivity index (χ3n) is 1.43. The number of halogens is 5. The van der Waals surface area contributed by atoms with Crippen molar-refractivity contribution in [2.45, 2.75) is 17.6 Å². The minimum Gasteiger partial charge on any atom is -0.478 e. The van der Waals surface area contributed by atoms with E-state index < -0.39 is 29.6 Å². The van der Waals surface area contributed by atoms with Gasteiger partial charge >= 0.3 is 29.6 Å². The Morgan fingerprint density at radius 3 is 1.47 bits per heavy atom. The third kappa shape index (κ3) is 1.71. The largest absolute Gasteiger partial charge is 0.478 e. The summed E-state index contributed by atoms with van der Waals surface area (Å²) in [5.41, 5.74) is 3.80. The molecule has 0 heterocycles. The van der Waals surface area contributed by atoms with Crippen LogP contribution in [0.4, 0.5) is 22.0 Å². The van der Waals surface area contributed by atoms with Crippen molar-refractivity contribution in [2.75, 3.05) is 0 Å². The number of alkyl halides is 5. The molecule has 15 heavy (non-hydrogen) atoms. The maximum Gasteiger partial charge on any atom is 0.409 e. The Bertz CT molecular complexity index is 274. The Balaban J connectivity index is 5.50. The van der Waals surface area contributed by atoms with E-state index in [0.717, 1.165) is 0 Å². The zero-order chi connectivity index (χ0) is 12.7. The van der Waals surface area contributed by atoms with Crippen LogP contribution in [0.1, 0.15) is 0 Å². The minimum absolute atomic E-state index is 3.10. The molecule has 10 heteroatoms. The van der Waals surface area contributed by atoms with Gasteiger partial charge in [0.05, 0.1) is 0 Å². The lowest BCUT2D eigenvalue weighted by Crippen LogP contribution is -2.67. The Morgan fingerprint density at radius 2 is 1.27 bits per heavy atom. The second kappa shape index (κ2) is 3.29. The van der Waals surface area contributed by atoms with E-state index in [0.29, 0.717) is 0 Å². The molecular formula is C5H4F5NO4. The summed E-state index contributed by atoms with van der Waals surface area (Å²) in [6.45, 7) is 0. The number of hydrogen-bond acceptors (Lipinski definition) is 3. The average Bonchev–Trinajstić information content (AvgIpc) is 2.02. The van der Waals surface area contributed by atoms with Crippen LogP contribution in [0.2, 0.25) is 0 Å². The van der Waals surface area contributed by atoms with Crippen molar-refractivity contribution < 1.29 is 41.8 Å². The van der Waals surface area contributed by atoms with Crippen molar-refractivity contribution in [3.63, 3.8) is 0 Å². The van der Waals surface area contributed by atoms with Crippen molar-refractivity contribution >= 4 is 11.9 Å². The van der Waals surface area contributed by atoms with Gasteiger partial charge in [-0.05, 0) is 0 Å². The average molecular weight is 237 g/mol. The predicted molar refractivity (Wildman–Crippen MR) is 33.2 cm³/mol. The van der Waals surface area contributed by atoms with E-state index in [1.165, 1.54) is 0 Å². The number of carbonyl (C=O) groups is 2. The maximum absolute atomic E-state index is 12.5. The highest BCUT2D eigenvalue weighted by atomic mass is 19.3. The van der Waals surface area contributed by atoms with Crippen molar-refractivity contribution in [1.82, 2.24) is 0 Å². The van der Waals surface area contributed by atoms with E-state index in [2.05, 4.69) is 5.73 Å². The van der Waals surface area contributed by atoms with E-state index in [-0.39, 0.29) is 0 Å². The zero-order valence-electron chi connectivity index (χ0n) is 6.68. The van der Waals surface area contributed by atoms with E-state index >= 15 is 0 Å². The van der Waals surface area contributed by atoms with Crippen LogP contribution in [0.5, 0.6) is 0 Å². The van der Waals surface area contributed by atoms with Gasteiger partial charge in [-0.15, -0.1) is 0 Å².